The van der Waals surface area contributed by atoms with Gasteiger partial charge in [-0.25, -0.2) is 0 Å². The fraction of sp³-hybridized carbons (Fsp3) is 0.600. The minimum absolute atomic E-state index is 0.0695. The van der Waals surface area contributed by atoms with Crippen molar-refractivity contribution in [3.05, 3.63) is 29.8 Å². The molecular formula is C15H23NO. The van der Waals surface area contributed by atoms with E-state index in [2.05, 4.69) is 36.5 Å². The summed E-state index contributed by atoms with van der Waals surface area (Å²) in [6.07, 6.45) is 6.33. The van der Waals surface area contributed by atoms with Gasteiger partial charge in [-0.2, -0.15) is 0 Å². The van der Waals surface area contributed by atoms with Gasteiger partial charge in [0.2, 0.25) is 0 Å². The Hall–Kier alpha value is -1.02. The SMILES string of the molecule is CCCc1ccc(NC2CCC(O)CC2)cc1. The van der Waals surface area contributed by atoms with Gasteiger partial charge in [0.1, 0.15) is 0 Å². The summed E-state index contributed by atoms with van der Waals surface area (Å²) in [7, 11) is 0. The van der Waals surface area contributed by atoms with Crippen LogP contribution >= 0.6 is 0 Å². The Balaban J connectivity index is 1.86. The molecule has 1 aliphatic carbocycles. The first-order chi connectivity index (χ1) is 8.28. The lowest BCUT2D eigenvalue weighted by molar-refractivity contribution is 0.126. The van der Waals surface area contributed by atoms with Crippen molar-refractivity contribution in [1.29, 1.82) is 0 Å². The number of anilines is 1. The minimum Gasteiger partial charge on any atom is -0.393 e. The summed E-state index contributed by atoms with van der Waals surface area (Å²) in [5.74, 6) is 0. The molecular weight excluding hydrogens is 210 g/mol. The molecule has 0 unspecified atom stereocenters. The fourth-order valence-corrected chi connectivity index (χ4v) is 2.51. The van der Waals surface area contributed by atoms with Gasteiger partial charge in [-0.15, -0.1) is 0 Å². The van der Waals surface area contributed by atoms with E-state index in [1.54, 1.807) is 0 Å². The lowest BCUT2D eigenvalue weighted by Crippen LogP contribution is -2.28. The Morgan fingerprint density at radius 1 is 1.12 bits per heavy atom. The van der Waals surface area contributed by atoms with Gasteiger partial charge in [0.15, 0.2) is 0 Å². The molecule has 17 heavy (non-hydrogen) atoms. The normalized spacial score (nSPS) is 24.6. The number of aliphatic hydroxyl groups excluding tert-OH is 1. The van der Waals surface area contributed by atoms with Crippen LogP contribution in [0.15, 0.2) is 24.3 Å². The number of nitrogens with one attached hydrogen (secondary N) is 1. The number of hydrogen-bond acceptors (Lipinski definition) is 2. The van der Waals surface area contributed by atoms with Crippen molar-refractivity contribution in [1.82, 2.24) is 0 Å². The summed E-state index contributed by atoms with van der Waals surface area (Å²) >= 11 is 0. The van der Waals surface area contributed by atoms with E-state index < -0.39 is 0 Å². The van der Waals surface area contributed by atoms with Gasteiger partial charge in [0.25, 0.3) is 0 Å². The number of hydrogen-bond donors (Lipinski definition) is 2. The van der Waals surface area contributed by atoms with E-state index in [4.69, 9.17) is 0 Å². The van der Waals surface area contributed by atoms with Crippen LogP contribution in [0, 0.1) is 0 Å². The highest BCUT2D eigenvalue weighted by Gasteiger charge is 2.18. The molecule has 0 spiro atoms. The number of benzene rings is 1. The Kier molecular flexibility index (Phi) is 4.43. The van der Waals surface area contributed by atoms with E-state index in [0.717, 1.165) is 32.1 Å². The van der Waals surface area contributed by atoms with Crippen LogP contribution in [0.3, 0.4) is 0 Å². The van der Waals surface area contributed by atoms with Gasteiger partial charge < -0.3 is 10.4 Å². The predicted octanol–water partition coefficient (Wildman–Crippen LogP) is 3.35. The molecule has 0 aliphatic heterocycles. The third kappa shape index (κ3) is 3.74. The van der Waals surface area contributed by atoms with Crippen molar-refractivity contribution in [2.45, 2.75) is 57.6 Å². The first kappa shape index (κ1) is 12.4. The van der Waals surface area contributed by atoms with Crippen LogP contribution in [0.1, 0.15) is 44.6 Å². The lowest BCUT2D eigenvalue weighted by Gasteiger charge is -2.27. The summed E-state index contributed by atoms with van der Waals surface area (Å²) in [5, 5.41) is 13.0. The topological polar surface area (TPSA) is 32.3 Å². The zero-order valence-corrected chi connectivity index (χ0v) is 10.7. The third-order valence-electron chi connectivity index (χ3n) is 3.56. The second kappa shape index (κ2) is 6.06. The Labute approximate surface area is 104 Å². The molecule has 1 aromatic carbocycles. The van der Waals surface area contributed by atoms with E-state index in [0.29, 0.717) is 6.04 Å². The average molecular weight is 233 g/mol. The van der Waals surface area contributed by atoms with Crippen molar-refractivity contribution in [2.75, 3.05) is 5.32 Å². The largest absolute Gasteiger partial charge is 0.393 e. The molecule has 0 amide bonds. The first-order valence-corrected chi connectivity index (χ1v) is 6.81. The van der Waals surface area contributed by atoms with Gasteiger partial charge in [-0.1, -0.05) is 25.5 Å². The lowest BCUT2D eigenvalue weighted by atomic mass is 9.93. The van der Waals surface area contributed by atoms with Crippen LogP contribution in [-0.4, -0.2) is 17.3 Å². The second-order valence-electron chi connectivity index (χ2n) is 5.10. The molecule has 1 aromatic rings. The zero-order chi connectivity index (χ0) is 12.1. The van der Waals surface area contributed by atoms with Crippen LogP contribution in [0.2, 0.25) is 0 Å². The standard InChI is InChI=1S/C15H23NO/c1-2-3-12-4-6-13(7-5-12)16-14-8-10-15(17)11-9-14/h4-7,14-17H,2-3,8-11H2,1H3. The zero-order valence-electron chi connectivity index (χ0n) is 10.7. The highest BCUT2D eigenvalue weighted by atomic mass is 16.3. The van der Waals surface area contributed by atoms with Crippen LogP contribution in [-0.2, 0) is 6.42 Å². The molecule has 0 aromatic heterocycles. The summed E-state index contributed by atoms with van der Waals surface area (Å²) in [6.45, 7) is 2.21. The van der Waals surface area contributed by atoms with Crippen molar-refractivity contribution >= 4 is 5.69 Å². The van der Waals surface area contributed by atoms with Crippen molar-refractivity contribution in [2.24, 2.45) is 0 Å². The van der Waals surface area contributed by atoms with Gasteiger partial charge in [0.05, 0.1) is 6.10 Å². The maximum Gasteiger partial charge on any atom is 0.0541 e. The molecule has 2 heteroatoms. The van der Waals surface area contributed by atoms with Crippen molar-refractivity contribution in [3.8, 4) is 0 Å². The molecule has 0 radical (unpaired) electrons. The average Bonchev–Trinajstić information content (AvgIpc) is 2.35. The van der Waals surface area contributed by atoms with Crippen LogP contribution < -0.4 is 5.32 Å². The van der Waals surface area contributed by atoms with Crippen molar-refractivity contribution in [3.63, 3.8) is 0 Å². The monoisotopic (exact) mass is 233 g/mol. The number of aliphatic hydroxyl groups is 1. The fourth-order valence-electron chi connectivity index (χ4n) is 2.51. The van der Waals surface area contributed by atoms with Crippen LogP contribution in [0.5, 0.6) is 0 Å². The van der Waals surface area contributed by atoms with E-state index in [-0.39, 0.29) is 6.10 Å². The summed E-state index contributed by atoms with van der Waals surface area (Å²) in [5.41, 5.74) is 2.63. The third-order valence-corrected chi connectivity index (χ3v) is 3.56. The van der Waals surface area contributed by atoms with Crippen LogP contribution in [0.4, 0.5) is 5.69 Å². The Bertz CT molecular complexity index is 325. The second-order valence-corrected chi connectivity index (χ2v) is 5.10. The van der Waals surface area contributed by atoms with Gasteiger partial charge in [0, 0.05) is 11.7 Å². The Morgan fingerprint density at radius 2 is 1.76 bits per heavy atom. The summed E-state index contributed by atoms with van der Waals surface area (Å²) in [4.78, 5) is 0. The molecule has 2 nitrogen and oxygen atoms in total. The molecule has 0 heterocycles. The molecule has 2 N–H and O–H groups in total. The smallest absolute Gasteiger partial charge is 0.0541 e. The molecule has 1 saturated carbocycles. The number of aryl methyl sites for hydroxylation is 1. The highest BCUT2D eigenvalue weighted by Crippen LogP contribution is 2.22. The molecule has 0 saturated heterocycles. The quantitative estimate of drug-likeness (QED) is 0.836. The maximum absolute atomic E-state index is 9.46. The molecule has 0 atom stereocenters. The summed E-state index contributed by atoms with van der Waals surface area (Å²) in [6, 6.07) is 9.31. The number of rotatable bonds is 4. The minimum atomic E-state index is -0.0695. The molecule has 1 aliphatic rings. The van der Waals surface area contributed by atoms with Crippen LogP contribution in [0.25, 0.3) is 0 Å². The molecule has 94 valence electrons. The van der Waals surface area contributed by atoms with Gasteiger partial charge in [-0.3, -0.25) is 0 Å². The molecule has 0 bridgehead atoms. The highest BCUT2D eigenvalue weighted by molar-refractivity contribution is 5.45. The van der Waals surface area contributed by atoms with E-state index in [9.17, 15) is 5.11 Å². The van der Waals surface area contributed by atoms with Gasteiger partial charge in [-0.05, 0) is 49.8 Å². The first-order valence-electron chi connectivity index (χ1n) is 6.81. The van der Waals surface area contributed by atoms with E-state index in [1.807, 2.05) is 0 Å². The Morgan fingerprint density at radius 3 is 2.35 bits per heavy atom. The van der Waals surface area contributed by atoms with E-state index >= 15 is 0 Å². The molecule has 1 fully saturated rings. The predicted molar refractivity (Wildman–Crippen MR) is 72.3 cm³/mol. The van der Waals surface area contributed by atoms with Crippen molar-refractivity contribution < 1.29 is 5.11 Å². The maximum atomic E-state index is 9.46. The molecule has 2 rings (SSSR count). The van der Waals surface area contributed by atoms with E-state index in [1.165, 1.54) is 17.7 Å². The van der Waals surface area contributed by atoms with Gasteiger partial charge >= 0.3 is 0 Å². The summed E-state index contributed by atoms with van der Waals surface area (Å²) < 4.78 is 0.